The highest BCUT2D eigenvalue weighted by Crippen LogP contribution is 2.58. The van der Waals surface area contributed by atoms with Crippen LogP contribution in [-0.4, -0.2) is 19.0 Å². The number of carbonyl (C=O) groups is 2. The molecule has 128 valence electrons. The average Bonchev–Trinajstić information content (AvgIpc) is 2.66. The van der Waals surface area contributed by atoms with Crippen molar-refractivity contribution < 1.29 is 19.1 Å². The van der Waals surface area contributed by atoms with Crippen molar-refractivity contribution in [1.82, 2.24) is 0 Å². The van der Waals surface area contributed by atoms with Crippen molar-refractivity contribution >= 4 is 11.9 Å². The second kappa shape index (κ2) is 6.80. The Kier molecular flexibility index (Phi) is 4.74. The van der Waals surface area contributed by atoms with Gasteiger partial charge >= 0.3 is 11.9 Å². The van der Waals surface area contributed by atoms with Gasteiger partial charge in [-0.15, -0.1) is 0 Å². The number of esters is 2. The zero-order chi connectivity index (χ0) is 17.0. The number of hydrogen-bond donors (Lipinski definition) is 0. The fourth-order valence-electron chi connectivity index (χ4n) is 3.96. The Morgan fingerprint density at radius 1 is 1.04 bits per heavy atom. The fraction of sp³-hybridized carbons (Fsp3) is 0.500. The summed E-state index contributed by atoms with van der Waals surface area (Å²) in [5.74, 6) is -0.370. The van der Waals surface area contributed by atoms with Gasteiger partial charge in [-0.25, -0.2) is 4.79 Å². The van der Waals surface area contributed by atoms with E-state index in [1.807, 2.05) is 36.4 Å². The predicted molar refractivity (Wildman–Crippen MR) is 90.0 cm³/mol. The Labute approximate surface area is 142 Å². The topological polar surface area (TPSA) is 52.6 Å². The summed E-state index contributed by atoms with van der Waals surface area (Å²) in [5, 5.41) is 0. The summed E-state index contributed by atoms with van der Waals surface area (Å²) in [5.41, 5.74) is 0.745. The molecule has 0 atom stereocenters. The molecule has 0 spiro atoms. The van der Waals surface area contributed by atoms with Crippen LogP contribution in [0.5, 0.6) is 0 Å². The third-order valence-corrected chi connectivity index (χ3v) is 5.72. The molecule has 0 unspecified atom stereocenters. The highest BCUT2D eigenvalue weighted by atomic mass is 16.5. The molecule has 3 saturated carbocycles. The molecule has 0 saturated heterocycles. The number of fused-ring (bicyclic) bond motifs is 3. The fourth-order valence-corrected chi connectivity index (χ4v) is 3.96. The second-order valence-electron chi connectivity index (χ2n) is 7.06. The van der Waals surface area contributed by atoms with Crippen molar-refractivity contribution in [3.8, 4) is 0 Å². The van der Waals surface area contributed by atoms with E-state index in [1.165, 1.54) is 13.2 Å². The summed E-state index contributed by atoms with van der Waals surface area (Å²) in [6.45, 7) is 0.342. The molecule has 3 aliphatic carbocycles. The molecule has 3 aliphatic rings. The lowest BCUT2D eigenvalue weighted by Gasteiger charge is -2.50. The van der Waals surface area contributed by atoms with Gasteiger partial charge in [0.1, 0.15) is 6.61 Å². The number of allylic oxidation sites excluding steroid dienone is 1. The monoisotopic (exact) mass is 328 g/mol. The van der Waals surface area contributed by atoms with E-state index in [2.05, 4.69) is 4.74 Å². The van der Waals surface area contributed by atoms with Crippen LogP contribution in [0.2, 0.25) is 0 Å². The van der Waals surface area contributed by atoms with E-state index in [1.54, 1.807) is 0 Å². The summed E-state index contributed by atoms with van der Waals surface area (Å²) in [6.07, 6.45) is 8.84. The smallest absolute Gasteiger partial charge is 0.330 e. The Morgan fingerprint density at radius 3 is 2.25 bits per heavy atom. The van der Waals surface area contributed by atoms with Gasteiger partial charge in [0.25, 0.3) is 0 Å². The lowest BCUT2D eigenvalue weighted by atomic mass is 9.53. The largest absolute Gasteiger partial charge is 0.466 e. The van der Waals surface area contributed by atoms with Gasteiger partial charge in [-0.1, -0.05) is 36.4 Å². The van der Waals surface area contributed by atoms with Crippen LogP contribution in [0, 0.1) is 10.8 Å². The molecule has 0 amide bonds. The third kappa shape index (κ3) is 3.37. The predicted octanol–water partition coefficient (Wildman–Crippen LogP) is 3.80. The van der Waals surface area contributed by atoms with Crippen LogP contribution in [0.4, 0.5) is 0 Å². The Balaban J connectivity index is 1.59. The lowest BCUT2D eigenvalue weighted by molar-refractivity contribution is -0.166. The summed E-state index contributed by atoms with van der Waals surface area (Å²) in [6, 6.07) is 9.79. The molecular formula is C20H24O4. The number of ether oxygens (including phenoxy) is 2. The summed E-state index contributed by atoms with van der Waals surface area (Å²) in [7, 11) is 1.39. The zero-order valence-electron chi connectivity index (χ0n) is 14.1. The SMILES string of the molecule is COC(=O)/C=C/C12CCC(C(=O)OCc3ccccc3)(CC1)CC2. The molecule has 4 rings (SSSR count). The van der Waals surface area contributed by atoms with Crippen molar-refractivity contribution in [2.45, 2.75) is 45.1 Å². The molecule has 0 aliphatic heterocycles. The normalized spacial score (nSPS) is 28.7. The first-order valence-corrected chi connectivity index (χ1v) is 8.56. The maximum Gasteiger partial charge on any atom is 0.330 e. The minimum atomic E-state index is -0.324. The molecule has 24 heavy (non-hydrogen) atoms. The molecule has 0 radical (unpaired) electrons. The van der Waals surface area contributed by atoms with Crippen LogP contribution in [0.1, 0.15) is 44.1 Å². The van der Waals surface area contributed by atoms with Crippen LogP contribution in [-0.2, 0) is 25.7 Å². The summed E-state index contributed by atoms with van der Waals surface area (Å²) < 4.78 is 10.3. The number of hydrogen-bond acceptors (Lipinski definition) is 4. The quantitative estimate of drug-likeness (QED) is 0.609. The Bertz CT molecular complexity index is 608. The highest BCUT2D eigenvalue weighted by Gasteiger charge is 2.52. The van der Waals surface area contributed by atoms with Crippen LogP contribution in [0.25, 0.3) is 0 Å². The van der Waals surface area contributed by atoms with Gasteiger partial charge in [0.05, 0.1) is 12.5 Å². The number of methoxy groups -OCH3 is 1. The summed E-state index contributed by atoms with van der Waals surface area (Å²) in [4.78, 5) is 24.0. The first kappa shape index (κ1) is 16.7. The maximum absolute atomic E-state index is 12.7. The maximum atomic E-state index is 12.7. The summed E-state index contributed by atoms with van der Waals surface area (Å²) >= 11 is 0. The molecule has 3 fully saturated rings. The van der Waals surface area contributed by atoms with Crippen molar-refractivity contribution in [1.29, 1.82) is 0 Å². The van der Waals surface area contributed by atoms with Crippen LogP contribution in [0.15, 0.2) is 42.5 Å². The van der Waals surface area contributed by atoms with E-state index >= 15 is 0 Å². The van der Waals surface area contributed by atoms with E-state index in [-0.39, 0.29) is 22.8 Å². The second-order valence-corrected chi connectivity index (χ2v) is 7.06. The minimum absolute atomic E-state index is 0.0512. The third-order valence-electron chi connectivity index (χ3n) is 5.72. The van der Waals surface area contributed by atoms with E-state index in [9.17, 15) is 9.59 Å². The van der Waals surface area contributed by atoms with Gasteiger partial charge in [0.2, 0.25) is 0 Å². The molecular weight excluding hydrogens is 304 g/mol. The molecule has 4 heteroatoms. The van der Waals surface area contributed by atoms with Gasteiger partial charge in [0, 0.05) is 6.08 Å². The molecule has 2 bridgehead atoms. The van der Waals surface area contributed by atoms with Gasteiger partial charge in [-0.05, 0) is 49.5 Å². The highest BCUT2D eigenvalue weighted by molar-refractivity contribution is 5.82. The zero-order valence-corrected chi connectivity index (χ0v) is 14.1. The van der Waals surface area contributed by atoms with Crippen LogP contribution >= 0.6 is 0 Å². The molecule has 1 aromatic rings. The van der Waals surface area contributed by atoms with E-state index in [0.29, 0.717) is 6.61 Å². The Hall–Kier alpha value is -2.10. The molecule has 4 nitrogen and oxygen atoms in total. The first-order valence-electron chi connectivity index (χ1n) is 8.56. The van der Waals surface area contributed by atoms with E-state index in [4.69, 9.17) is 4.74 Å². The molecule has 0 N–H and O–H groups in total. The van der Waals surface area contributed by atoms with Crippen LogP contribution < -0.4 is 0 Å². The standard InChI is InChI=1S/C20H24O4/c1-23-17(21)7-8-19-9-12-20(13-10-19,14-11-19)18(22)24-15-16-5-3-2-4-6-16/h2-8H,9-15H2,1H3/b8-7+. The molecule has 1 aromatic carbocycles. The van der Waals surface area contributed by atoms with Gasteiger partial charge in [-0.3, -0.25) is 4.79 Å². The number of rotatable bonds is 5. The van der Waals surface area contributed by atoms with Crippen molar-refractivity contribution in [2.24, 2.45) is 10.8 Å². The minimum Gasteiger partial charge on any atom is -0.466 e. The van der Waals surface area contributed by atoms with E-state index < -0.39 is 0 Å². The molecule has 0 aromatic heterocycles. The number of benzene rings is 1. The van der Waals surface area contributed by atoms with E-state index in [0.717, 1.165) is 44.1 Å². The Morgan fingerprint density at radius 2 is 1.67 bits per heavy atom. The van der Waals surface area contributed by atoms with Gasteiger partial charge < -0.3 is 9.47 Å². The van der Waals surface area contributed by atoms with Crippen molar-refractivity contribution in [3.05, 3.63) is 48.0 Å². The average molecular weight is 328 g/mol. The van der Waals surface area contributed by atoms with Crippen molar-refractivity contribution in [2.75, 3.05) is 7.11 Å². The lowest BCUT2D eigenvalue weighted by Crippen LogP contribution is -2.45. The number of carbonyl (C=O) groups excluding carboxylic acids is 2. The van der Waals surface area contributed by atoms with Crippen molar-refractivity contribution in [3.63, 3.8) is 0 Å². The van der Waals surface area contributed by atoms with Crippen LogP contribution in [0.3, 0.4) is 0 Å². The first-order chi connectivity index (χ1) is 11.6. The van der Waals surface area contributed by atoms with Gasteiger partial charge in [-0.2, -0.15) is 0 Å². The molecule has 0 heterocycles. The van der Waals surface area contributed by atoms with Gasteiger partial charge in [0.15, 0.2) is 0 Å².